The molecule has 21 heavy (non-hydrogen) atoms. The van der Waals surface area contributed by atoms with Crippen LogP contribution in [0.2, 0.25) is 5.02 Å². The van der Waals surface area contributed by atoms with Crippen molar-refractivity contribution in [3.05, 3.63) is 41.4 Å². The van der Waals surface area contributed by atoms with Crippen LogP contribution in [0, 0.1) is 0 Å². The Morgan fingerprint density at radius 1 is 1.10 bits per heavy atom. The maximum atomic E-state index is 12.2. The summed E-state index contributed by atoms with van der Waals surface area (Å²) in [6, 6.07) is 9.40. The van der Waals surface area contributed by atoms with E-state index in [1.807, 2.05) is 6.92 Å². The van der Waals surface area contributed by atoms with E-state index < -0.39 is 10.0 Å². The largest absolute Gasteiger partial charge is 0.369 e. The molecule has 0 bridgehead atoms. The Labute approximate surface area is 128 Å². The predicted octanol–water partition coefficient (Wildman–Crippen LogP) is 2.75. The molecular formula is C13H15ClN4O2S. The Kier molecular flexibility index (Phi) is 4.98. The third-order valence-electron chi connectivity index (χ3n) is 2.59. The zero-order valence-electron chi connectivity index (χ0n) is 11.4. The van der Waals surface area contributed by atoms with Gasteiger partial charge in [0.2, 0.25) is 0 Å². The molecule has 6 nitrogen and oxygen atoms in total. The Bertz CT molecular complexity index is 704. The summed E-state index contributed by atoms with van der Waals surface area (Å²) in [6.07, 6.45) is 0.961. The number of rotatable bonds is 6. The van der Waals surface area contributed by atoms with Crippen molar-refractivity contribution < 1.29 is 8.42 Å². The van der Waals surface area contributed by atoms with Gasteiger partial charge in [0.1, 0.15) is 10.7 Å². The van der Waals surface area contributed by atoms with Gasteiger partial charge in [0.15, 0.2) is 5.82 Å². The highest BCUT2D eigenvalue weighted by Crippen LogP contribution is 2.22. The van der Waals surface area contributed by atoms with E-state index in [9.17, 15) is 8.42 Å². The normalized spacial score (nSPS) is 11.1. The zero-order chi connectivity index (χ0) is 15.3. The predicted molar refractivity (Wildman–Crippen MR) is 83.1 cm³/mol. The molecule has 1 aromatic carbocycles. The molecule has 0 saturated carbocycles. The second kappa shape index (κ2) is 6.73. The van der Waals surface area contributed by atoms with Crippen LogP contribution < -0.4 is 10.0 Å². The minimum absolute atomic E-state index is 0.00153. The van der Waals surface area contributed by atoms with E-state index in [0.717, 1.165) is 13.0 Å². The first-order valence-electron chi connectivity index (χ1n) is 6.38. The van der Waals surface area contributed by atoms with Gasteiger partial charge in [0.05, 0.1) is 5.02 Å². The van der Waals surface area contributed by atoms with Crippen LogP contribution in [0.5, 0.6) is 0 Å². The average molecular weight is 327 g/mol. The first-order chi connectivity index (χ1) is 10.0. The molecule has 8 heteroatoms. The van der Waals surface area contributed by atoms with Crippen molar-refractivity contribution in [1.29, 1.82) is 0 Å². The summed E-state index contributed by atoms with van der Waals surface area (Å²) in [6.45, 7) is 2.81. The molecule has 0 amide bonds. The molecule has 0 aliphatic carbocycles. The molecule has 0 unspecified atom stereocenters. The lowest BCUT2D eigenvalue weighted by atomic mass is 10.4. The zero-order valence-corrected chi connectivity index (χ0v) is 12.9. The Balaban J connectivity index is 2.16. The van der Waals surface area contributed by atoms with Gasteiger partial charge in [-0.3, -0.25) is 4.72 Å². The van der Waals surface area contributed by atoms with Crippen LogP contribution in [0.15, 0.2) is 41.3 Å². The minimum Gasteiger partial charge on any atom is -0.369 e. The molecule has 112 valence electrons. The van der Waals surface area contributed by atoms with Crippen molar-refractivity contribution in [3.63, 3.8) is 0 Å². The molecule has 0 aliphatic heterocycles. The molecule has 0 atom stereocenters. The third-order valence-corrected chi connectivity index (χ3v) is 4.44. The molecule has 0 saturated heterocycles. The number of hydrogen-bond acceptors (Lipinski definition) is 5. The van der Waals surface area contributed by atoms with E-state index >= 15 is 0 Å². The Morgan fingerprint density at radius 3 is 2.38 bits per heavy atom. The van der Waals surface area contributed by atoms with E-state index in [2.05, 4.69) is 20.2 Å². The van der Waals surface area contributed by atoms with Crippen LogP contribution in [-0.2, 0) is 10.0 Å². The van der Waals surface area contributed by atoms with Gasteiger partial charge in [-0.15, -0.1) is 10.2 Å². The number of nitrogens with zero attached hydrogens (tertiary/aromatic N) is 2. The molecule has 1 aromatic heterocycles. The fourth-order valence-corrected chi connectivity index (χ4v) is 3.11. The second-order valence-electron chi connectivity index (χ2n) is 4.27. The molecule has 2 aromatic rings. The van der Waals surface area contributed by atoms with E-state index in [1.54, 1.807) is 24.3 Å². The van der Waals surface area contributed by atoms with Crippen molar-refractivity contribution >= 4 is 33.3 Å². The lowest BCUT2D eigenvalue weighted by Gasteiger charge is -2.09. The first-order valence-corrected chi connectivity index (χ1v) is 8.24. The van der Waals surface area contributed by atoms with Crippen LogP contribution in [0.4, 0.5) is 11.6 Å². The summed E-state index contributed by atoms with van der Waals surface area (Å²) in [5, 5.41) is 10.9. The molecular weight excluding hydrogens is 312 g/mol. The lowest BCUT2D eigenvalue weighted by molar-refractivity contribution is 0.601. The standard InChI is InChI=1S/C13H15ClN4O2S/c1-2-9-15-12-7-8-13(17-16-12)18-21(19,20)11-6-4-3-5-10(11)14/h3-8H,2,9H2,1H3,(H,15,16)(H,17,18). The molecule has 2 rings (SSSR count). The first kappa shape index (κ1) is 15.5. The number of halogens is 1. The summed E-state index contributed by atoms with van der Waals surface area (Å²) in [7, 11) is -3.78. The number of sulfonamides is 1. The summed E-state index contributed by atoms with van der Waals surface area (Å²) < 4.78 is 26.7. The minimum atomic E-state index is -3.78. The third kappa shape index (κ3) is 4.05. The Morgan fingerprint density at radius 2 is 1.76 bits per heavy atom. The molecule has 0 radical (unpaired) electrons. The van der Waals surface area contributed by atoms with Gasteiger partial charge in [0, 0.05) is 6.54 Å². The van der Waals surface area contributed by atoms with Gasteiger partial charge in [-0.1, -0.05) is 30.7 Å². The van der Waals surface area contributed by atoms with Gasteiger partial charge in [0.25, 0.3) is 10.0 Å². The summed E-state index contributed by atoms with van der Waals surface area (Å²) in [5.74, 6) is 0.731. The van der Waals surface area contributed by atoms with E-state index in [0.29, 0.717) is 5.82 Å². The highest BCUT2D eigenvalue weighted by atomic mass is 35.5. The number of anilines is 2. The second-order valence-corrected chi connectivity index (χ2v) is 6.32. The van der Waals surface area contributed by atoms with E-state index in [1.165, 1.54) is 12.1 Å². The number of nitrogens with one attached hydrogen (secondary N) is 2. The quantitative estimate of drug-likeness (QED) is 0.852. The van der Waals surface area contributed by atoms with Crippen molar-refractivity contribution in [1.82, 2.24) is 10.2 Å². The van der Waals surface area contributed by atoms with Gasteiger partial charge < -0.3 is 5.32 Å². The summed E-state index contributed by atoms with van der Waals surface area (Å²) in [4.78, 5) is 0.00153. The van der Waals surface area contributed by atoms with Gasteiger partial charge in [-0.2, -0.15) is 0 Å². The summed E-state index contributed by atoms with van der Waals surface area (Å²) >= 11 is 5.89. The van der Waals surface area contributed by atoms with Crippen LogP contribution in [-0.4, -0.2) is 25.2 Å². The number of hydrogen-bond donors (Lipinski definition) is 2. The van der Waals surface area contributed by atoms with Crippen molar-refractivity contribution in [2.75, 3.05) is 16.6 Å². The van der Waals surface area contributed by atoms with Crippen molar-refractivity contribution in [3.8, 4) is 0 Å². The van der Waals surface area contributed by atoms with Crippen LogP contribution >= 0.6 is 11.6 Å². The fraction of sp³-hybridized carbons (Fsp3) is 0.231. The molecule has 2 N–H and O–H groups in total. The van der Waals surface area contributed by atoms with Crippen molar-refractivity contribution in [2.24, 2.45) is 0 Å². The SMILES string of the molecule is CCCNc1ccc(NS(=O)(=O)c2ccccc2Cl)nn1. The number of aromatic nitrogens is 2. The smallest absolute Gasteiger partial charge is 0.264 e. The lowest BCUT2D eigenvalue weighted by Crippen LogP contribution is -2.15. The molecule has 0 spiro atoms. The fourth-order valence-electron chi connectivity index (χ4n) is 1.59. The molecule has 0 fully saturated rings. The van der Waals surface area contributed by atoms with E-state index in [-0.39, 0.29) is 15.7 Å². The average Bonchev–Trinajstić information content (AvgIpc) is 2.46. The van der Waals surface area contributed by atoms with Gasteiger partial charge >= 0.3 is 0 Å². The highest BCUT2D eigenvalue weighted by Gasteiger charge is 2.18. The topological polar surface area (TPSA) is 84.0 Å². The Hall–Kier alpha value is -1.86. The number of benzene rings is 1. The van der Waals surface area contributed by atoms with Crippen LogP contribution in [0.1, 0.15) is 13.3 Å². The monoisotopic (exact) mass is 326 g/mol. The van der Waals surface area contributed by atoms with Crippen LogP contribution in [0.25, 0.3) is 0 Å². The molecule has 0 aliphatic rings. The summed E-state index contributed by atoms with van der Waals surface area (Å²) in [5.41, 5.74) is 0. The van der Waals surface area contributed by atoms with E-state index in [4.69, 9.17) is 11.6 Å². The maximum absolute atomic E-state index is 12.2. The van der Waals surface area contributed by atoms with Crippen LogP contribution in [0.3, 0.4) is 0 Å². The molecule has 1 heterocycles. The highest BCUT2D eigenvalue weighted by molar-refractivity contribution is 7.92. The maximum Gasteiger partial charge on any atom is 0.264 e. The van der Waals surface area contributed by atoms with Gasteiger partial charge in [-0.25, -0.2) is 8.42 Å². The van der Waals surface area contributed by atoms with Gasteiger partial charge in [-0.05, 0) is 30.7 Å². The van der Waals surface area contributed by atoms with Crippen molar-refractivity contribution in [2.45, 2.75) is 18.2 Å².